The predicted molar refractivity (Wildman–Crippen MR) is 73.9 cm³/mol. The van der Waals surface area contributed by atoms with Gasteiger partial charge in [-0.2, -0.15) is 0 Å². The van der Waals surface area contributed by atoms with Crippen molar-refractivity contribution in [1.29, 1.82) is 0 Å². The second-order valence-electron chi connectivity index (χ2n) is 4.28. The van der Waals surface area contributed by atoms with E-state index in [2.05, 4.69) is 19.8 Å². The van der Waals surface area contributed by atoms with Gasteiger partial charge >= 0.3 is 0 Å². The lowest BCUT2D eigenvalue weighted by atomic mass is 9.97. The molecule has 0 unspecified atom stereocenters. The zero-order valence-electron chi connectivity index (χ0n) is 10.7. The molecule has 1 nitrogen and oxygen atoms in total. The molecule has 0 radical (unpaired) electrons. The largest absolute Gasteiger partial charge is 0.493 e. The molecule has 0 aliphatic carbocycles. The Kier molecular flexibility index (Phi) is 5.38. The van der Waals surface area contributed by atoms with Crippen molar-refractivity contribution in [2.45, 2.75) is 39.5 Å². The molecular formula is C15H19ClO. The van der Waals surface area contributed by atoms with Gasteiger partial charge in [-0.25, -0.2) is 0 Å². The highest BCUT2D eigenvalue weighted by atomic mass is 35.5. The van der Waals surface area contributed by atoms with Crippen LogP contribution in [0.15, 0.2) is 12.1 Å². The summed E-state index contributed by atoms with van der Waals surface area (Å²) in [6, 6.07) is 3.94. The molecule has 0 fully saturated rings. The quantitative estimate of drug-likeness (QED) is 0.703. The van der Waals surface area contributed by atoms with E-state index in [0.29, 0.717) is 18.9 Å². The van der Waals surface area contributed by atoms with Gasteiger partial charge < -0.3 is 4.74 Å². The average molecular weight is 251 g/mol. The summed E-state index contributed by atoms with van der Waals surface area (Å²) in [5.74, 6) is 4.00. The topological polar surface area (TPSA) is 9.23 Å². The van der Waals surface area contributed by atoms with E-state index in [9.17, 15) is 0 Å². The summed E-state index contributed by atoms with van der Waals surface area (Å²) in [7, 11) is 0. The second-order valence-corrected chi connectivity index (χ2v) is 4.71. The first-order chi connectivity index (χ1) is 8.10. The molecule has 0 aliphatic heterocycles. The third kappa shape index (κ3) is 3.68. The number of hydrogen-bond donors (Lipinski definition) is 0. The van der Waals surface area contributed by atoms with Crippen molar-refractivity contribution in [1.82, 2.24) is 0 Å². The van der Waals surface area contributed by atoms with Gasteiger partial charge in [-0.05, 0) is 42.5 Å². The smallest absolute Gasteiger partial charge is 0.126 e. The molecule has 0 bridgehead atoms. The maximum Gasteiger partial charge on any atom is 0.126 e. The molecule has 1 rings (SSSR count). The first-order valence-electron chi connectivity index (χ1n) is 5.98. The Labute approximate surface area is 109 Å². The van der Waals surface area contributed by atoms with Crippen molar-refractivity contribution in [2.75, 3.05) is 6.61 Å². The fourth-order valence-corrected chi connectivity index (χ4v) is 2.06. The van der Waals surface area contributed by atoms with Crippen LogP contribution in [0.2, 0.25) is 5.02 Å². The zero-order chi connectivity index (χ0) is 12.8. The van der Waals surface area contributed by atoms with Crippen molar-refractivity contribution >= 4 is 11.6 Å². The van der Waals surface area contributed by atoms with E-state index >= 15 is 0 Å². The molecule has 1 aromatic rings. The van der Waals surface area contributed by atoms with E-state index in [4.69, 9.17) is 22.8 Å². The highest BCUT2D eigenvalue weighted by Gasteiger charge is 2.14. The number of ether oxygens (including phenoxy) is 1. The normalized spacial score (nSPS) is 10.4. The molecule has 0 aliphatic rings. The van der Waals surface area contributed by atoms with E-state index in [1.165, 1.54) is 0 Å². The second kappa shape index (κ2) is 6.57. The minimum Gasteiger partial charge on any atom is -0.493 e. The highest BCUT2D eigenvalue weighted by Crippen LogP contribution is 2.34. The summed E-state index contributed by atoms with van der Waals surface area (Å²) in [5, 5.41) is 0.754. The Bertz CT molecular complexity index is 416. The molecule has 92 valence electrons. The minimum atomic E-state index is 0.389. The Hall–Kier alpha value is -1.13. The standard InChI is InChI=1S/C15H19ClO/c1-5-7-8-12-9-13(16)10-14(11(3)4)15(12)17-6-2/h1,9-11H,6-8H2,2-4H3. The number of terminal acetylenes is 1. The van der Waals surface area contributed by atoms with Crippen LogP contribution in [0, 0.1) is 12.3 Å². The fourth-order valence-electron chi connectivity index (χ4n) is 1.81. The van der Waals surface area contributed by atoms with Crippen molar-refractivity contribution in [3.05, 3.63) is 28.3 Å². The van der Waals surface area contributed by atoms with E-state index in [1.54, 1.807) is 0 Å². The molecule has 1 aromatic carbocycles. The van der Waals surface area contributed by atoms with Crippen LogP contribution in [0.4, 0.5) is 0 Å². The van der Waals surface area contributed by atoms with Gasteiger partial charge in [0.25, 0.3) is 0 Å². The van der Waals surface area contributed by atoms with Crippen LogP contribution >= 0.6 is 11.6 Å². The average Bonchev–Trinajstić information content (AvgIpc) is 2.28. The number of hydrogen-bond acceptors (Lipinski definition) is 1. The third-order valence-corrected chi connectivity index (χ3v) is 2.83. The monoisotopic (exact) mass is 250 g/mol. The van der Waals surface area contributed by atoms with Gasteiger partial charge in [0.2, 0.25) is 0 Å². The molecule has 0 aromatic heterocycles. The van der Waals surface area contributed by atoms with E-state index in [1.807, 2.05) is 19.1 Å². The molecule has 0 N–H and O–H groups in total. The first kappa shape index (κ1) is 13.9. The van der Waals surface area contributed by atoms with Gasteiger partial charge in [-0.15, -0.1) is 12.3 Å². The van der Waals surface area contributed by atoms with Gasteiger partial charge in [0.15, 0.2) is 0 Å². The Morgan fingerprint density at radius 2 is 2.12 bits per heavy atom. The lowest BCUT2D eigenvalue weighted by Gasteiger charge is -2.17. The lowest BCUT2D eigenvalue weighted by molar-refractivity contribution is 0.331. The van der Waals surface area contributed by atoms with Crippen LogP contribution < -0.4 is 4.74 Å². The van der Waals surface area contributed by atoms with Gasteiger partial charge in [0, 0.05) is 11.4 Å². The summed E-state index contributed by atoms with van der Waals surface area (Å²) in [4.78, 5) is 0. The maximum absolute atomic E-state index is 6.14. The van der Waals surface area contributed by atoms with E-state index in [-0.39, 0.29) is 0 Å². The van der Waals surface area contributed by atoms with Gasteiger partial charge in [-0.3, -0.25) is 0 Å². The third-order valence-electron chi connectivity index (χ3n) is 2.61. The summed E-state index contributed by atoms with van der Waals surface area (Å²) >= 11 is 6.14. The number of aryl methyl sites for hydroxylation is 1. The van der Waals surface area contributed by atoms with Crippen molar-refractivity contribution < 1.29 is 4.74 Å². The summed E-state index contributed by atoms with van der Waals surface area (Å²) in [6.45, 7) is 6.92. The molecule has 0 amide bonds. The number of halogens is 1. The Morgan fingerprint density at radius 3 is 2.65 bits per heavy atom. The predicted octanol–water partition coefficient (Wildman–Crippen LogP) is 4.43. The van der Waals surface area contributed by atoms with Crippen molar-refractivity contribution in [2.24, 2.45) is 0 Å². The zero-order valence-corrected chi connectivity index (χ0v) is 11.5. The lowest BCUT2D eigenvalue weighted by Crippen LogP contribution is -2.03. The molecule has 0 saturated carbocycles. The van der Waals surface area contributed by atoms with Gasteiger partial charge in [0.05, 0.1) is 6.61 Å². The Morgan fingerprint density at radius 1 is 1.41 bits per heavy atom. The molecular weight excluding hydrogens is 232 g/mol. The summed E-state index contributed by atoms with van der Waals surface area (Å²) in [6.07, 6.45) is 6.83. The maximum atomic E-state index is 6.14. The van der Waals surface area contributed by atoms with E-state index in [0.717, 1.165) is 28.3 Å². The number of benzene rings is 1. The first-order valence-corrected chi connectivity index (χ1v) is 6.36. The van der Waals surface area contributed by atoms with Crippen LogP contribution in [-0.4, -0.2) is 6.61 Å². The van der Waals surface area contributed by atoms with Crippen LogP contribution in [-0.2, 0) is 6.42 Å². The Balaban J connectivity index is 3.20. The van der Waals surface area contributed by atoms with E-state index < -0.39 is 0 Å². The highest BCUT2D eigenvalue weighted by molar-refractivity contribution is 6.30. The molecule has 0 saturated heterocycles. The fraction of sp³-hybridized carbons (Fsp3) is 0.467. The molecule has 2 heteroatoms. The van der Waals surface area contributed by atoms with Crippen molar-refractivity contribution in [3.8, 4) is 18.1 Å². The SMILES string of the molecule is C#CCCc1cc(Cl)cc(C(C)C)c1OCC. The van der Waals surface area contributed by atoms with Gasteiger partial charge in [-0.1, -0.05) is 25.4 Å². The molecule has 17 heavy (non-hydrogen) atoms. The molecule has 0 spiro atoms. The van der Waals surface area contributed by atoms with Crippen LogP contribution in [0.1, 0.15) is 44.2 Å². The summed E-state index contributed by atoms with van der Waals surface area (Å²) < 4.78 is 5.75. The number of rotatable bonds is 5. The van der Waals surface area contributed by atoms with Crippen LogP contribution in [0.5, 0.6) is 5.75 Å². The molecule has 0 heterocycles. The molecule has 0 atom stereocenters. The van der Waals surface area contributed by atoms with Crippen LogP contribution in [0.25, 0.3) is 0 Å². The van der Waals surface area contributed by atoms with Crippen molar-refractivity contribution in [3.63, 3.8) is 0 Å². The summed E-state index contributed by atoms with van der Waals surface area (Å²) in [5.41, 5.74) is 2.27. The van der Waals surface area contributed by atoms with Gasteiger partial charge in [0.1, 0.15) is 5.75 Å². The van der Waals surface area contributed by atoms with Crippen LogP contribution in [0.3, 0.4) is 0 Å². The minimum absolute atomic E-state index is 0.389.